The molecule has 38 heavy (non-hydrogen) atoms. The molecule has 0 saturated carbocycles. The fraction of sp³-hybridized carbons (Fsp3) is 0.267. The van der Waals surface area contributed by atoms with E-state index in [9.17, 15) is 14.4 Å². The average molecular weight is 528 g/mol. The van der Waals surface area contributed by atoms with Gasteiger partial charge in [-0.1, -0.05) is 85.4 Å². The zero-order valence-corrected chi connectivity index (χ0v) is 22.5. The Labute approximate surface area is 224 Å². The molecule has 7 nitrogen and oxygen atoms in total. The molecule has 8 heteroatoms. The fourth-order valence-corrected chi connectivity index (χ4v) is 6.02. The van der Waals surface area contributed by atoms with Gasteiger partial charge in [0.1, 0.15) is 4.53 Å². The normalized spacial score (nSPS) is 18.0. The van der Waals surface area contributed by atoms with Gasteiger partial charge in [-0.2, -0.15) is 0 Å². The summed E-state index contributed by atoms with van der Waals surface area (Å²) in [6.45, 7) is 6.37. The maximum absolute atomic E-state index is 14.0. The molecule has 1 atom stereocenters. The Morgan fingerprint density at radius 2 is 1.82 bits per heavy atom. The summed E-state index contributed by atoms with van der Waals surface area (Å²) in [7, 11) is 0. The quantitative estimate of drug-likeness (QED) is 0.436. The molecule has 0 radical (unpaired) electrons. The maximum atomic E-state index is 14.0. The predicted molar refractivity (Wildman–Crippen MR) is 149 cm³/mol. The molecule has 2 aliphatic rings. The Kier molecular flexibility index (Phi) is 7.24. The minimum Gasteiger partial charge on any atom is -0.463 e. The van der Waals surface area contributed by atoms with Gasteiger partial charge in [-0.15, -0.1) is 0 Å². The lowest BCUT2D eigenvalue weighted by Crippen LogP contribution is -2.40. The molecule has 3 heterocycles. The first-order chi connectivity index (χ1) is 18.5. The molecular weight excluding hydrogens is 498 g/mol. The van der Waals surface area contributed by atoms with Crippen molar-refractivity contribution >= 4 is 40.5 Å². The van der Waals surface area contributed by atoms with Crippen molar-refractivity contribution < 1.29 is 14.3 Å². The third-order valence-corrected chi connectivity index (χ3v) is 7.74. The van der Waals surface area contributed by atoms with Crippen molar-refractivity contribution in [1.82, 2.24) is 4.57 Å². The van der Waals surface area contributed by atoms with Crippen LogP contribution < -0.4 is 19.8 Å². The largest absolute Gasteiger partial charge is 0.463 e. The van der Waals surface area contributed by atoms with Crippen molar-refractivity contribution in [2.75, 3.05) is 18.1 Å². The lowest BCUT2D eigenvalue weighted by Gasteiger charge is -2.21. The number of unbranched alkanes of at least 4 members (excludes halogenated alkanes) is 1. The molecule has 0 saturated heterocycles. The molecule has 194 valence electrons. The van der Waals surface area contributed by atoms with E-state index in [2.05, 4.69) is 11.9 Å². The number of hydrogen-bond donors (Lipinski definition) is 0. The number of nitrogens with zero attached hydrogens (tertiary/aromatic N) is 3. The highest BCUT2D eigenvalue weighted by Crippen LogP contribution is 2.35. The van der Waals surface area contributed by atoms with Crippen molar-refractivity contribution in [3.63, 3.8) is 0 Å². The van der Waals surface area contributed by atoms with E-state index in [1.165, 1.54) is 15.9 Å². The molecule has 0 spiro atoms. The topological polar surface area (TPSA) is 81.0 Å². The number of aromatic nitrogens is 1. The van der Waals surface area contributed by atoms with Crippen LogP contribution in [0, 0.1) is 0 Å². The number of anilines is 1. The summed E-state index contributed by atoms with van der Waals surface area (Å²) in [5, 5.41) is 0. The van der Waals surface area contributed by atoms with Crippen molar-refractivity contribution in [3.05, 3.63) is 103 Å². The number of thiazole rings is 1. The minimum absolute atomic E-state index is 0.178. The number of ether oxygens (including phenoxy) is 1. The number of carbonyl (C=O) groups excluding carboxylic acids is 2. The van der Waals surface area contributed by atoms with Crippen molar-refractivity contribution in [2.45, 2.75) is 39.7 Å². The summed E-state index contributed by atoms with van der Waals surface area (Å²) in [6.07, 6.45) is 5.52. The van der Waals surface area contributed by atoms with Gasteiger partial charge in [0.15, 0.2) is 4.80 Å². The summed E-state index contributed by atoms with van der Waals surface area (Å²) in [6, 6.07) is 16.5. The van der Waals surface area contributed by atoms with E-state index in [0.29, 0.717) is 32.7 Å². The smallest absolute Gasteiger partial charge is 0.338 e. The molecule has 1 amide bonds. The highest BCUT2D eigenvalue weighted by Gasteiger charge is 2.35. The van der Waals surface area contributed by atoms with E-state index in [1.807, 2.05) is 66.7 Å². The number of rotatable bonds is 7. The van der Waals surface area contributed by atoms with Crippen LogP contribution in [0.2, 0.25) is 0 Å². The highest BCUT2D eigenvalue weighted by atomic mass is 32.1. The summed E-state index contributed by atoms with van der Waals surface area (Å²) >= 11 is 1.19. The van der Waals surface area contributed by atoms with E-state index in [1.54, 1.807) is 18.7 Å². The lowest BCUT2D eigenvalue weighted by molar-refractivity contribution is -0.139. The molecule has 0 fully saturated rings. The van der Waals surface area contributed by atoms with E-state index in [4.69, 9.17) is 4.74 Å². The van der Waals surface area contributed by atoms with Gasteiger partial charge < -0.3 is 9.64 Å². The van der Waals surface area contributed by atoms with Gasteiger partial charge in [-0.3, -0.25) is 14.2 Å². The van der Waals surface area contributed by atoms with Crippen LogP contribution in [0.4, 0.5) is 5.69 Å². The number of esters is 1. The number of allylic oxidation sites excluding steroid dienone is 2. The molecule has 0 aliphatic carbocycles. The summed E-state index contributed by atoms with van der Waals surface area (Å²) in [4.78, 5) is 47.6. The van der Waals surface area contributed by atoms with Gasteiger partial charge in [0.05, 0.1) is 35.2 Å². The first-order valence-electron chi connectivity index (χ1n) is 12.8. The Bertz CT molecular complexity index is 1650. The second kappa shape index (κ2) is 10.8. The van der Waals surface area contributed by atoms with Crippen molar-refractivity contribution in [1.29, 1.82) is 0 Å². The number of amides is 1. The van der Waals surface area contributed by atoms with Crippen LogP contribution in [-0.2, 0) is 14.3 Å². The van der Waals surface area contributed by atoms with Crippen molar-refractivity contribution in [2.24, 2.45) is 4.99 Å². The minimum atomic E-state index is -0.720. The third-order valence-electron chi connectivity index (χ3n) is 6.69. The first kappa shape index (κ1) is 25.6. The fourth-order valence-electron chi connectivity index (χ4n) is 4.87. The number of carbonyl (C=O) groups is 2. The zero-order chi connectivity index (χ0) is 26.8. The number of para-hydroxylation sites is 1. The molecule has 1 aromatic heterocycles. The number of hydrogen-bond acceptors (Lipinski definition) is 6. The Morgan fingerprint density at radius 1 is 1.08 bits per heavy atom. The molecule has 1 unspecified atom stereocenters. The molecule has 3 aromatic rings. The van der Waals surface area contributed by atoms with Crippen LogP contribution in [0.25, 0.3) is 11.6 Å². The third kappa shape index (κ3) is 4.45. The summed E-state index contributed by atoms with van der Waals surface area (Å²) in [5.74, 6) is -0.690. The van der Waals surface area contributed by atoms with E-state index in [0.717, 1.165) is 29.7 Å². The van der Waals surface area contributed by atoms with Crippen LogP contribution in [0.5, 0.6) is 0 Å². The molecular formula is C30H29N3O4S. The number of fused-ring (bicyclic) bond motifs is 2. The van der Waals surface area contributed by atoms with E-state index in [-0.39, 0.29) is 18.1 Å². The first-order valence-corrected chi connectivity index (χ1v) is 13.6. The van der Waals surface area contributed by atoms with Crippen LogP contribution in [0.1, 0.15) is 50.8 Å². The second-order valence-electron chi connectivity index (χ2n) is 9.14. The van der Waals surface area contributed by atoms with Crippen molar-refractivity contribution in [3.8, 4) is 0 Å². The molecule has 2 aromatic carbocycles. The zero-order valence-electron chi connectivity index (χ0n) is 21.6. The molecule has 0 N–H and O–H groups in total. The van der Waals surface area contributed by atoms with Gasteiger partial charge in [0.25, 0.3) is 11.5 Å². The van der Waals surface area contributed by atoms with E-state index >= 15 is 0 Å². The van der Waals surface area contributed by atoms with Crippen LogP contribution in [0.15, 0.2) is 81.7 Å². The SMILES string of the molecule is CCCCN1C(=O)/C(=c2\sc3n(c2=O)C(/C=C/c2ccccc2)C(C(=O)OCC)=C(C)N=3)c2ccccc21. The standard InChI is InChI=1S/C30H29N3O4S/c1-4-6-18-32-22-15-11-10-14-21(22)25(27(32)34)26-28(35)33-23(17-16-20-12-8-7-9-13-20)24(29(36)37-5-2)19(3)31-30(33)38-26/h7-17,23H,4-6,18H2,1-3H3/b17-16+,26-25-. The maximum Gasteiger partial charge on any atom is 0.338 e. The van der Waals surface area contributed by atoms with E-state index < -0.39 is 12.0 Å². The molecule has 2 aliphatic heterocycles. The average Bonchev–Trinajstić information content (AvgIpc) is 3.38. The summed E-state index contributed by atoms with van der Waals surface area (Å²) < 4.78 is 7.18. The molecule has 5 rings (SSSR count). The van der Waals surface area contributed by atoms with Crippen LogP contribution in [0.3, 0.4) is 0 Å². The number of benzene rings is 2. The van der Waals surface area contributed by atoms with Gasteiger partial charge in [0.2, 0.25) is 0 Å². The van der Waals surface area contributed by atoms with Gasteiger partial charge >= 0.3 is 5.97 Å². The lowest BCUT2D eigenvalue weighted by atomic mass is 10.0. The van der Waals surface area contributed by atoms with Gasteiger partial charge in [-0.25, -0.2) is 9.79 Å². The predicted octanol–water partition coefficient (Wildman–Crippen LogP) is 3.98. The van der Waals surface area contributed by atoms with Crippen LogP contribution >= 0.6 is 11.3 Å². The Balaban J connectivity index is 1.72. The Hall–Kier alpha value is -4.04. The monoisotopic (exact) mass is 527 g/mol. The molecule has 0 bridgehead atoms. The van der Waals surface area contributed by atoms with Gasteiger partial charge in [0, 0.05) is 12.1 Å². The van der Waals surface area contributed by atoms with Gasteiger partial charge in [-0.05, 0) is 31.9 Å². The second-order valence-corrected chi connectivity index (χ2v) is 10.1. The highest BCUT2D eigenvalue weighted by molar-refractivity contribution is 7.07. The Morgan fingerprint density at radius 3 is 2.55 bits per heavy atom. The summed E-state index contributed by atoms with van der Waals surface area (Å²) in [5.41, 5.74) is 3.35. The van der Waals surface area contributed by atoms with Crippen LogP contribution in [-0.4, -0.2) is 29.6 Å².